The Labute approximate surface area is 169 Å². The van der Waals surface area contributed by atoms with E-state index < -0.39 is 5.97 Å². The maximum atomic E-state index is 11.4. The summed E-state index contributed by atoms with van der Waals surface area (Å²) >= 11 is 0. The summed E-state index contributed by atoms with van der Waals surface area (Å²) < 4.78 is 0. The van der Waals surface area contributed by atoms with Crippen molar-refractivity contribution in [2.24, 2.45) is 0 Å². The average Bonchev–Trinajstić information content (AvgIpc) is 2.72. The van der Waals surface area contributed by atoms with E-state index >= 15 is 0 Å². The summed E-state index contributed by atoms with van der Waals surface area (Å²) in [6.45, 7) is 6.54. The van der Waals surface area contributed by atoms with Crippen LogP contribution in [0.25, 0.3) is 33.5 Å². The Balaban J connectivity index is 1.95. The van der Waals surface area contributed by atoms with Gasteiger partial charge in [-0.25, -0.2) is 14.8 Å². The number of carboxylic acid groups (broad SMARTS) is 1. The van der Waals surface area contributed by atoms with E-state index in [1.54, 1.807) is 18.2 Å². The molecule has 0 fully saturated rings. The van der Waals surface area contributed by atoms with Crippen LogP contribution < -0.4 is 0 Å². The van der Waals surface area contributed by atoms with Crippen LogP contribution in [0.1, 0.15) is 36.7 Å². The molecule has 0 aliphatic heterocycles. The van der Waals surface area contributed by atoms with Crippen LogP contribution in [0.2, 0.25) is 0 Å². The van der Waals surface area contributed by atoms with Crippen LogP contribution in [0.4, 0.5) is 0 Å². The Bertz CT molecular complexity index is 1190. The predicted octanol–water partition coefficient (Wildman–Crippen LogP) is 5.96. The van der Waals surface area contributed by atoms with Gasteiger partial charge in [0.05, 0.1) is 28.0 Å². The number of fused-ring (bicyclic) bond motifs is 1. The molecule has 0 aliphatic carbocycles. The first-order valence-electron chi connectivity index (χ1n) is 9.54. The lowest BCUT2D eigenvalue weighted by Crippen LogP contribution is -2.10. The highest BCUT2D eigenvalue weighted by Crippen LogP contribution is 2.32. The van der Waals surface area contributed by atoms with Crippen LogP contribution in [0.3, 0.4) is 0 Å². The van der Waals surface area contributed by atoms with E-state index in [4.69, 9.17) is 9.97 Å². The second kappa shape index (κ2) is 7.13. The first-order valence-corrected chi connectivity index (χ1v) is 9.54. The molecule has 4 aromatic rings. The maximum absolute atomic E-state index is 11.4. The van der Waals surface area contributed by atoms with Gasteiger partial charge in [0, 0.05) is 11.1 Å². The molecular weight excluding hydrogens is 360 g/mol. The van der Waals surface area contributed by atoms with Crippen LogP contribution in [-0.2, 0) is 5.41 Å². The smallest absolute Gasteiger partial charge is 0.335 e. The van der Waals surface area contributed by atoms with Crippen molar-refractivity contribution >= 4 is 17.0 Å². The van der Waals surface area contributed by atoms with Gasteiger partial charge in [0.15, 0.2) is 0 Å². The van der Waals surface area contributed by atoms with Gasteiger partial charge in [0.25, 0.3) is 0 Å². The van der Waals surface area contributed by atoms with Crippen molar-refractivity contribution in [3.8, 4) is 22.5 Å². The Morgan fingerprint density at radius 3 is 1.93 bits per heavy atom. The van der Waals surface area contributed by atoms with Crippen LogP contribution in [-0.4, -0.2) is 21.0 Å². The number of nitrogens with zero attached hydrogens (tertiary/aromatic N) is 2. The fourth-order valence-electron chi connectivity index (χ4n) is 3.31. The van der Waals surface area contributed by atoms with E-state index in [0.717, 1.165) is 22.5 Å². The molecule has 4 nitrogen and oxygen atoms in total. The number of benzene rings is 3. The van der Waals surface area contributed by atoms with Crippen molar-refractivity contribution in [2.45, 2.75) is 26.2 Å². The van der Waals surface area contributed by atoms with Gasteiger partial charge in [-0.1, -0.05) is 75.4 Å². The lowest BCUT2D eigenvalue weighted by molar-refractivity contribution is 0.0697. The van der Waals surface area contributed by atoms with Crippen molar-refractivity contribution in [3.63, 3.8) is 0 Å². The number of hydrogen-bond donors (Lipinski definition) is 1. The Morgan fingerprint density at radius 2 is 1.34 bits per heavy atom. The molecule has 1 N–H and O–H groups in total. The standard InChI is InChI=1S/C25H22N2O2/c1-25(2,3)19-12-9-17(10-13-19)23-22(16-7-5-4-6-8-16)26-20-14-11-18(24(28)29)15-21(20)27-23/h4-15H,1-3H3,(H,28,29). The van der Waals surface area contributed by atoms with E-state index in [2.05, 4.69) is 45.0 Å². The zero-order valence-electron chi connectivity index (χ0n) is 16.7. The molecule has 0 atom stereocenters. The van der Waals surface area contributed by atoms with Gasteiger partial charge in [0.2, 0.25) is 0 Å². The van der Waals surface area contributed by atoms with Gasteiger partial charge in [-0.3, -0.25) is 0 Å². The number of aromatic nitrogens is 2. The van der Waals surface area contributed by atoms with Crippen molar-refractivity contribution in [1.82, 2.24) is 9.97 Å². The van der Waals surface area contributed by atoms with Gasteiger partial charge in [-0.2, -0.15) is 0 Å². The number of aromatic carboxylic acids is 1. The van der Waals surface area contributed by atoms with E-state index in [1.807, 2.05) is 30.3 Å². The highest BCUT2D eigenvalue weighted by Gasteiger charge is 2.17. The third-order valence-corrected chi connectivity index (χ3v) is 4.98. The minimum atomic E-state index is -0.975. The van der Waals surface area contributed by atoms with E-state index in [1.165, 1.54) is 5.56 Å². The molecule has 3 aromatic carbocycles. The molecule has 0 amide bonds. The zero-order chi connectivity index (χ0) is 20.6. The Hall–Kier alpha value is -3.53. The first kappa shape index (κ1) is 18.8. The van der Waals surface area contributed by atoms with Crippen LogP contribution in [0.5, 0.6) is 0 Å². The fraction of sp³-hybridized carbons (Fsp3) is 0.160. The number of rotatable bonds is 3. The summed E-state index contributed by atoms with van der Waals surface area (Å²) in [7, 11) is 0. The number of hydrogen-bond acceptors (Lipinski definition) is 3. The molecular formula is C25H22N2O2. The van der Waals surface area contributed by atoms with Crippen molar-refractivity contribution in [1.29, 1.82) is 0 Å². The third kappa shape index (κ3) is 3.74. The molecule has 0 saturated carbocycles. The molecule has 0 spiro atoms. The van der Waals surface area contributed by atoms with Gasteiger partial charge < -0.3 is 5.11 Å². The molecule has 144 valence electrons. The highest BCUT2D eigenvalue weighted by molar-refractivity contribution is 5.94. The van der Waals surface area contributed by atoms with Crippen molar-refractivity contribution in [3.05, 3.63) is 83.9 Å². The largest absolute Gasteiger partial charge is 0.478 e. The maximum Gasteiger partial charge on any atom is 0.335 e. The minimum Gasteiger partial charge on any atom is -0.478 e. The minimum absolute atomic E-state index is 0.0617. The lowest BCUT2D eigenvalue weighted by Gasteiger charge is -2.19. The zero-order valence-corrected chi connectivity index (χ0v) is 16.7. The summed E-state index contributed by atoms with van der Waals surface area (Å²) in [4.78, 5) is 21.0. The summed E-state index contributed by atoms with van der Waals surface area (Å²) in [5.74, 6) is -0.975. The van der Waals surface area contributed by atoms with Gasteiger partial charge in [-0.15, -0.1) is 0 Å². The molecule has 0 bridgehead atoms. The molecule has 0 radical (unpaired) electrons. The second-order valence-corrected chi connectivity index (χ2v) is 8.12. The van der Waals surface area contributed by atoms with E-state index in [-0.39, 0.29) is 11.0 Å². The molecule has 1 heterocycles. The van der Waals surface area contributed by atoms with E-state index in [9.17, 15) is 9.90 Å². The molecule has 0 unspecified atom stereocenters. The van der Waals surface area contributed by atoms with E-state index in [0.29, 0.717) is 11.0 Å². The molecule has 4 heteroatoms. The second-order valence-electron chi connectivity index (χ2n) is 8.12. The van der Waals surface area contributed by atoms with Crippen molar-refractivity contribution in [2.75, 3.05) is 0 Å². The number of carboxylic acids is 1. The quantitative estimate of drug-likeness (QED) is 0.475. The molecule has 4 rings (SSSR count). The first-order chi connectivity index (χ1) is 13.8. The third-order valence-electron chi connectivity index (χ3n) is 4.98. The summed E-state index contributed by atoms with van der Waals surface area (Å²) in [6.07, 6.45) is 0. The summed E-state index contributed by atoms with van der Waals surface area (Å²) in [5, 5.41) is 9.32. The monoisotopic (exact) mass is 382 g/mol. The lowest BCUT2D eigenvalue weighted by atomic mass is 9.86. The highest BCUT2D eigenvalue weighted by atomic mass is 16.4. The van der Waals surface area contributed by atoms with Gasteiger partial charge in [-0.05, 0) is 29.2 Å². The van der Waals surface area contributed by atoms with Crippen molar-refractivity contribution < 1.29 is 9.90 Å². The summed E-state index contributed by atoms with van der Waals surface area (Å²) in [5.41, 5.74) is 6.19. The molecule has 29 heavy (non-hydrogen) atoms. The Morgan fingerprint density at radius 1 is 0.759 bits per heavy atom. The topological polar surface area (TPSA) is 63.1 Å². The van der Waals surface area contributed by atoms with Gasteiger partial charge >= 0.3 is 5.97 Å². The molecule has 1 aromatic heterocycles. The molecule has 0 aliphatic rings. The average molecular weight is 382 g/mol. The normalized spacial score (nSPS) is 11.6. The predicted molar refractivity (Wildman–Crippen MR) is 116 cm³/mol. The van der Waals surface area contributed by atoms with Crippen LogP contribution >= 0.6 is 0 Å². The van der Waals surface area contributed by atoms with Crippen LogP contribution in [0, 0.1) is 0 Å². The summed E-state index contributed by atoms with van der Waals surface area (Å²) in [6, 6.07) is 23.1. The van der Waals surface area contributed by atoms with Crippen LogP contribution in [0.15, 0.2) is 72.8 Å². The number of carbonyl (C=O) groups is 1. The fourth-order valence-corrected chi connectivity index (χ4v) is 3.31. The van der Waals surface area contributed by atoms with Gasteiger partial charge in [0.1, 0.15) is 0 Å². The SMILES string of the molecule is CC(C)(C)c1ccc(-c2nc3cc(C(=O)O)ccc3nc2-c2ccccc2)cc1. The molecule has 0 saturated heterocycles. The Kier molecular flexibility index (Phi) is 4.63.